The minimum Gasteiger partial charge on any atom is -0.342 e. The number of rotatable bonds is 2. The molecule has 1 fully saturated rings. The summed E-state index contributed by atoms with van der Waals surface area (Å²) in [6.07, 6.45) is 2.56. The molecule has 1 aromatic heterocycles. The number of benzene rings is 1. The van der Waals surface area contributed by atoms with Crippen molar-refractivity contribution in [2.24, 2.45) is 5.73 Å². The Morgan fingerprint density at radius 2 is 2.27 bits per heavy atom. The molecule has 2 aromatic rings. The summed E-state index contributed by atoms with van der Waals surface area (Å²) in [6, 6.07) is 6.31. The molecule has 1 heterocycles. The lowest BCUT2D eigenvalue weighted by atomic mass is 10.1. The number of hydrogen-bond acceptors (Lipinski definition) is 2. The Labute approximate surface area is 88.7 Å². The van der Waals surface area contributed by atoms with Crippen LogP contribution in [0.2, 0.25) is 0 Å². The predicted octanol–water partition coefficient (Wildman–Crippen LogP) is 2.46. The minimum absolute atomic E-state index is 0.0853. The lowest BCUT2D eigenvalue weighted by Crippen LogP contribution is -2.04. The summed E-state index contributed by atoms with van der Waals surface area (Å²) in [5.74, 6) is 1.82. The fourth-order valence-electron chi connectivity index (χ4n) is 1.88. The number of hydrogen-bond donors (Lipinski definition) is 2. The van der Waals surface area contributed by atoms with Crippen LogP contribution in [0, 0.1) is 0 Å². The minimum atomic E-state index is 0.0853. The molecule has 3 heteroatoms. The molecule has 1 atom stereocenters. The molecule has 15 heavy (non-hydrogen) atoms. The normalized spacial score (nSPS) is 18.3. The smallest absolute Gasteiger partial charge is 0.110 e. The van der Waals surface area contributed by atoms with E-state index in [-0.39, 0.29) is 6.04 Å². The molecule has 0 aliphatic heterocycles. The number of H-pyrrole nitrogens is 1. The van der Waals surface area contributed by atoms with Gasteiger partial charge in [-0.15, -0.1) is 0 Å². The van der Waals surface area contributed by atoms with Gasteiger partial charge in [-0.3, -0.25) is 0 Å². The van der Waals surface area contributed by atoms with E-state index < -0.39 is 0 Å². The summed E-state index contributed by atoms with van der Waals surface area (Å²) >= 11 is 0. The van der Waals surface area contributed by atoms with Crippen molar-refractivity contribution in [3.8, 4) is 0 Å². The van der Waals surface area contributed by atoms with Crippen molar-refractivity contribution >= 4 is 11.0 Å². The van der Waals surface area contributed by atoms with Gasteiger partial charge >= 0.3 is 0 Å². The van der Waals surface area contributed by atoms with E-state index >= 15 is 0 Å². The number of nitrogens with one attached hydrogen (secondary N) is 1. The Morgan fingerprint density at radius 3 is 2.93 bits per heavy atom. The number of nitrogens with two attached hydrogens (primary N) is 1. The van der Waals surface area contributed by atoms with Crippen molar-refractivity contribution < 1.29 is 0 Å². The zero-order valence-corrected chi connectivity index (χ0v) is 8.83. The van der Waals surface area contributed by atoms with Gasteiger partial charge in [0.2, 0.25) is 0 Å². The maximum absolute atomic E-state index is 5.85. The van der Waals surface area contributed by atoms with Crippen molar-refractivity contribution in [1.29, 1.82) is 0 Å². The highest BCUT2D eigenvalue weighted by molar-refractivity contribution is 5.76. The van der Waals surface area contributed by atoms with Crippen molar-refractivity contribution in [2.45, 2.75) is 31.7 Å². The van der Waals surface area contributed by atoms with E-state index in [1.807, 2.05) is 6.92 Å². The van der Waals surface area contributed by atoms with Gasteiger partial charge in [-0.25, -0.2) is 4.98 Å². The third-order valence-corrected chi connectivity index (χ3v) is 3.01. The first-order valence-electron chi connectivity index (χ1n) is 5.49. The second-order valence-corrected chi connectivity index (χ2v) is 4.46. The van der Waals surface area contributed by atoms with Gasteiger partial charge in [-0.1, -0.05) is 6.07 Å². The second-order valence-electron chi connectivity index (χ2n) is 4.46. The molecule has 1 aromatic carbocycles. The Morgan fingerprint density at radius 1 is 1.47 bits per heavy atom. The van der Waals surface area contributed by atoms with Crippen molar-refractivity contribution in [3.05, 3.63) is 29.6 Å². The standard InChI is InChI=1S/C12H15N3/c1-7(13)9-4-5-10-11(6-9)15-12(14-10)8-2-3-8/h4-8H,2-3,13H2,1H3,(H,14,15). The zero-order valence-electron chi connectivity index (χ0n) is 8.83. The molecule has 0 bridgehead atoms. The van der Waals surface area contributed by atoms with E-state index in [9.17, 15) is 0 Å². The summed E-state index contributed by atoms with van der Waals surface area (Å²) in [5, 5.41) is 0. The van der Waals surface area contributed by atoms with Crippen LogP contribution in [0.25, 0.3) is 11.0 Å². The Bertz CT molecular complexity index is 495. The van der Waals surface area contributed by atoms with Crippen molar-refractivity contribution in [2.75, 3.05) is 0 Å². The van der Waals surface area contributed by atoms with Gasteiger partial charge in [0, 0.05) is 12.0 Å². The molecule has 78 valence electrons. The average molecular weight is 201 g/mol. The first kappa shape index (κ1) is 8.92. The number of aromatic nitrogens is 2. The van der Waals surface area contributed by atoms with Crippen LogP contribution < -0.4 is 5.73 Å². The van der Waals surface area contributed by atoms with Crippen LogP contribution in [0.15, 0.2) is 18.2 Å². The molecule has 1 aliphatic rings. The highest BCUT2D eigenvalue weighted by Crippen LogP contribution is 2.39. The van der Waals surface area contributed by atoms with E-state index in [1.54, 1.807) is 0 Å². The summed E-state index contributed by atoms with van der Waals surface area (Å²) in [7, 11) is 0. The van der Waals surface area contributed by atoms with Crippen LogP contribution in [0.4, 0.5) is 0 Å². The van der Waals surface area contributed by atoms with Crippen molar-refractivity contribution in [3.63, 3.8) is 0 Å². The monoisotopic (exact) mass is 201 g/mol. The molecule has 1 unspecified atom stereocenters. The summed E-state index contributed by atoms with van der Waals surface area (Å²) in [5.41, 5.74) is 9.18. The SMILES string of the molecule is CC(N)c1ccc2nc(C3CC3)[nH]c2c1. The average Bonchev–Trinajstić information content (AvgIpc) is 2.97. The second kappa shape index (κ2) is 3.07. The van der Waals surface area contributed by atoms with E-state index in [4.69, 9.17) is 5.73 Å². The Hall–Kier alpha value is -1.35. The molecule has 0 radical (unpaired) electrons. The van der Waals surface area contributed by atoms with Crippen LogP contribution in [0.1, 0.15) is 43.1 Å². The number of nitrogens with zero attached hydrogens (tertiary/aromatic N) is 1. The van der Waals surface area contributed by atoms with Crippen LogP contribution >= 0.6 is 0 Å². The van der Waals surface area contributed by atoms with Crippen molar-refractivity contribution in [1.82, 2.24) is 9.97 Å². The largest absolute Gasteiger partial charge is 0.342 e. The lowest BCUT2D eigenvalue weighted by Gasteiger charge is -2.03. The number of imidazole rings is 1. The Kier molecular flexibility index (Phi) is 1.83. The number of aromatic amines is 1. The summed E-state index contributed by atoms with van der Waals surface area (Å²) < 4.78 is 0. The molecular weight excluding hydrogens is 186 g/mol. The predicted molar refractivity (Wildman–Crippen MR) is 60.7 cm³/mol. The van der Waals surface area contributed by atoms with Crippen LogP contribution in [0.3, 0.4) is 0 Å². The number of fused-ring (bicyclic) bond motifs is 1. The molecule has 1 saturated carbocycles. The highest BCUT2D eigenvalue weighted by Gasteiger charge is 2.26. The molecule has 3 N–H and O–H groups in total. The van der Waals surface area contributed by atoms with E-state index in [0.29, 0.717) is 5.92 Å². The third-order valence-electron chi connectivity index (χ3n) is 3.01. The van der Waals surface area contributed by atoms with Gasteiger partial charge in [-0.05, 0) is 37.5 Å². The van der Waals surface area contributed by atoms with E-state index in [2.05, 4.69) is 28.2 Å². The van der Waals surface area contributed by atoms with E-state index in [1.165, 1.54) is 12.8 Å². The van der Waals surface area contributed by atoms with Gasteiger partial charge in [-0.2, -0.15) is 0 Å². The van der Waals surface area contributed by atoms with Crippen LogP contribution in [0.5, 0.6) is 0 Å². The van der Waals surface area contributed by atoms with Crippen LogP contribution in [-0.4, -0.2) is 9.97 Å². The fourth-order valence-corrected chi connectivity index (χ4v) is 1.88. The van der Waals surface area contributed by atoms with Gasteiger partial charge in [0.1, 0.15) is 5.82 Å². The topological polar surface area (TPSA) is 54.7 Å². The quantitative estimate of drug-likeness (QED) is 0.784. The lowest BCUT2D eigenvalue weighted by molar-refractivity contribution is 0.819. The molecular formula is C12H15N3. The maximum atomic E-state index is 5.85. The van der Waals surface area contributed by atoms with Gasteiger partial charge < -0.3 is 10.7 Å². The van der Waals surface area contributed by atoms with Crippen LogP contribution in [-0.2, 0) is 0 Å². The zero-order chi connectivity index (χ0) is 10.4. The first-order chi connectivity index (χ1) is 7.24. The summed E-state index contributed by atoms with van der Waals surface area (Å²) in [6.45, 7) is 2.00. The van der Waals surface area contributed by atoms with Gasteiger partial charge in [0.25, 0.3) is 0 Å². The summed E-state index contributed by atoms with van der Waals surface area (Å²) in [4.78, 5) is 7.96. The molecule has 3 rings (SSSR count). The highest BCUT2D eigenvalue weighted by atomic mass is 14.9. The molecule has 1 aliphatic carbocycles. The molecule has 0 spiro atoms. The molecule has 3 nitrogen and oxygen atoms in total. The molecule has 0 saturated heterocycles. The fraction of sp³-hybridized carbons (Fsp3) is 0.417. The van der Waals surface area contributed by atoms with E-state index in [0.717, 1.165) is 22.4 Å². The Balaban J connectivity index is 2.09. The van der Waals surface area contributed by atoms with Gasteiger partial charge in [0.05, 0.1) is 11.0 Å². The maximum Gasteiger partial charge on any atom is 0.110 e. The molecule has 0 amide bonds. The van der Waals surface area contributed by atoms with Gasteiger partial charge in [0.15, 0.2) is 0 Å². The first-order valence-corrected chi connectivity index (χ1v) is 5.49. The third kappa shape index (κ3) is 1.53.